The number of ether oxygens (including phenoxy) is 2. The number of fused-ring (bicyclic) bond motifs is 1. The fraction of sp³-hybridized carbons (Fsp3) is 0.536. The lowest BCUT2D eigenvalue weighted by Crippen LogP contribution is -2.54. The third-order valence-electron chi connectivity index (χ3n) is 6.78. The monoisotopic (exact) mass is 516 g/mol. The number of carbonyl (C=O) groups is 3. The first-order valence-corrected chi connectivity index (χ1v) is 15.3. The highest BCUT2D eigenvalue weighted by Gasteiger charge is 2.42. The minimum Gasteiger partial charge on any atom is -0.452 e. The molecular weight excluding hydrogens is 476 g/mol. The van der Waals surface area contributed by atoms with Crippen LogP contribution in [0.1, 0.15) is 53.0 Å². The summed E-state index contributed by atoms with van der Waals surface area (Å²) in [4.78, 5) is 35.9. The second-order valence-electron chi connectivity index (χ2n) is 9.32. The van der Waals surface area contributed by atoms with Crippen molar-refractivity contribution < 1.29 is 33.4 Å². The lowest BCUT2D eigenvalue weighted by molar-refractivity contribution is -0.170. The molecule has 0 spiro atoms. The quantitative estimate of drug-likeness (QED) is 0.191. The minimum absolute atomic E-state index is 0.0335. The summed E-state index contributed by atoms with van der Waals surface area (Å²) in [5, 5.41) is 12.9. The summed E-state index contributed by atoms with van der Waals surface area (Å²) in [6.45, 7) is 9.32. The number of Topliss-reactive ketones (excluding diaryl/α,β-unsaturated/α-hetero) is 1. The van der Waals surface area contributed by atoms with Crippen LogP contribution in [0.4, 0.5) is 0 Å². The highest BCUT2D eigenvalue weighted by Crippen LogP contribution is 2.29. The van der Waals surface area contributed by atoms with E-state index in [1.807, 2.05) is 42.5 Å². The van der Waals surface area contributed by atoms with Gasteiger partial charge in [-0.3, -0.25) is 9.59 Å². The van der Waals surface area contributed by atoms with E-state index in [1.165, 1.54) is 6.92 Å². The van der Waals surface area contributed by atoms with Crippen LogP contribution in [-0.4, -0.2) is 55.9 Å². The van der Waals surface area contributed by atoms with Gasteiger partial charge >= 0.3 is 5.97 Å². The SMILES string of the molecule is CC[Si](CC)(CC)O[C@H]([C@@H](OCc1ccc2ccccc2c1)[C@H](C)O)[C@H](C=O)OC(=O)CCC(C)=O. The number of aldehydes is 1. The number of benzene rings is 2. The van der Waals surface area contributed by atoms with Gasteiger partial charge in [0.2, 0.25) is 0 Å². The van der Waals surface area contributed by atoms with Crippen LogP contribution >= 0.6 is 0 Å². The van der Waals surface area contributed by atoms with Gasteiger partial charge in [-0.1, -0.05) is 57.2 Å². The van der Waals surface area contributed by atoms with Gasteiger partial charge in [0.25, 0.3) is 0 Å². The van der Waals surface area contributed by atoms with Crippen LogP contribution in [0, 0.1) is 0 Å². The van der Waals surface area contributed by atoms with Gasteiger partial charge in [0.15, 0.2) is 20.7 Å². The molecule has 198 valence electrons. The molecule has 0 aliphatic rings. The molecule has 0 saturated heterocycles. The molecule has 0 bridgehead atoms. The summed E-state index contributed by atoms with van der Waals surface area (Å²) in [5.74, 6) is -0.802. The first kappa shape index (κ1) is 29.8. The molecular formula is C28H40O7Si. The number of hydrogen-bond acceptors (Lipinski definition) is 7. The first-order valence-electron chi connectivity index (χ1n) is 12.8. The van der Waals surface area contributed by atoms with E-state index in [-0.39, 0.29) is 25.2 Å². The molecule has 0 saturated carbocycles. The van der Waals surface area contributed by atoms with Gasteiger partial charge in [-0.15, -0.1) is 0 Å². The molecule has 0 fully saturated rings. The lowest BCUT2D eigenvalue weighted by Gasteiger charge is -2.39. The summed E-state index contributed by atoms with van der Waals surface area (Å²) in [6, 6.07) is 16.4. The number of ketones is 1. The molecule has 0 radical (unpaired) electrons. The third-order valence-corrected chi connectivity index (χ3v) is 11.4. The standard InChI is InChI=1S/C28H40O7Si/c1-6-36(7-2,8-3)35-28(25(18-29)34-26(32)16-13-20(4)30)27(21(5)31)33-19-22-14-15-23-11-9-10-12-24(23)17-22/h9-12,14-15,17-18,21,25,27-28,31H,6-8,13,16,19H2,1-5H3/t21-,25-,27-,28-/m0/s1. The summed E-state index contributed by atoms with van der Waals surface area (Å²) in [5.41, 5.74) is 0.907. The van der Waals surface area contributed by atoms with E-state index in [1.54, 1.807) is 6.92 Å². The van der Waals surface area contributed by atoms with Gasteiger partial charge in [0.05, 0.1) is 19.1 Å². The van der Waals surface area contributed by atoms with Gasteiger partial charge < -0.3 is 23.8 Å². The molecule has 4 atom stereocenters. The number of hydrogen-bond donors (Lipinski definition) is 1. The van der Waals surface area contributed by atoms with E-state index in [9.17, 15) is 19.5 Å². The fourth-order valence-corrected chi connectivity index (χ4v) is 7.15. The van der Waals surface area contributed by atoms with Gasteiger partial charge in [0, 0.05) is 6.42 Å². The van der Waals surface area contributed by atoms with Gasteiger partial charge in [-0.25, -0.2) is 0 Å². The molecule has 8 heteroatoms. The van der Waals surface area contributed by atoms with Crippen LogP contribution in [0.15, 0.2) is 42.5 Å². The predicted octanol–water partition coefficient (Wildman–Crippen LogP) is 4.98. The largest absolute Gasteiger partial charge is 0.452 e. The Balaban J connectivity index is 2.33. The summed E-state index contributed by atoms with van der Waals surface area (Å²) in [7, 11) is -2.30. The summed E-state index contributed by atoms with van der Waals surface area (Å²) in [6.07, 6.45) is -3.71. The molecule has 0 aliphatic carbocycles. The molecule has 36 heavy (non-hydrogen) atoms. The maximum absolute atomic E-state index is 12.4. The van der Waals surface area contributed by atoms with E-state index in [2.05, 4.69) is 20.8 Å². The second kappa shape index (κ2) is 14.4. The molecule has 1 N–H and O–H groups in total. The zero-order chi connectivity index (χ0) is 26.7. The van der Waals surface area contributed by atoms with Crippen molar-refractivity contribution in [1.82, 2.24) is 0 Å². The van der Waals surface area contributed by atoms with E-state index in [4.69, 9.17) is 13.9 Å². The maximum Gasteiger partial charge on any atom is 0.307 e. The van der Waals surface area contributed by atoms with Crippen LogP contribution in [0.25, 0.3) is 10.8 Å². The molecule has 0 unspecified atom stereocenters. The van der Waals surface area contributed by atoms with Crippen molar-refractivity contribution in [1.29, 1.82) is 0 Å². The average molecular weight is 517 g/mol. The molecule has 0 amide bonds. The van der Waals surface area contributed by atoms with E-state index in [0.29, 0.717) is 6.29 Å². The van der Waals surface area contributed by atoms with E-state index >= 15 is 0 Å². The minimum atomic E-state index is -2.30. The summed E-state index contributed by atoms with van der Waals surface area (Å²) < 4.78 is 18.3. The molecule has 0 heterocycles. The van der Waals surface area contributed by atoms with Crippen molar-refractivity contribution in [2.45, 2.75) is 96.6 Å². The fourth-order valence-electron chi connectivity index (χ4n) is 4.30. The number of aliphatic hydroxyl groups excluding tert-OH is 1. The molecule has 2 rings (SSSR count). The highest BCUT2D eigenvalue weighted by molar-refractivity contribution is 6.73. The van der Waals surface area contributed by atoms with Crippen molar-refractivity contribution in [3.8, 4) is 0 Å². The Labute approximate surface area is 215 Å². The zero-order valence-corrected chi connectivity index (χ0v) is 23.1. The normalized spacial score (nSPS) is 15.2. The van der Waals surface area contributed by atoms with Gasteiger partial charge in [0.1, 0.15) is 18.0 Å². The van der Waals surface area contributed by atoms with Crippen molar-refractivity contribution in [3.63, 3.8) is 0 Å². The van der Waals surface area contributed by atoms with Crippen molar-refractivity contribution >= 4 is 37.1 Å². The number of rotatable bonds is 16. The summed E-state index contributed by atoms with van der Waals surface area (Å²) >= 11 is 0. The molecule has 2 aromatic carbocycles. The van der Waals surface area contributed by atoms with Crippen molar-refractivity contribution in [3.05, 3.63) is 48.0 Å². The average Bonchev–Trinajstić information content (AvgIpc) is 2.88. The van der Waals surface area contributed by atoms with Crippen LogP contribution in [0.3, 0.4) is 0 Å². The molecule has 7 nitrogen and oxygen atoms in total. The Morgan fingerprint density at radius 2 is 1.61 bits per heavy atom. The van der Waals surface area contributed by atoms with Crippen molar-refractivity contribution in [2.75, 3.05) is 0 Å². The predicted molar refractivity (Wildman–Crippen MR) is 142 cm³/mol. The lowest BCUT2D eigenvalue weighted by atomic mass is 10.0. The van der Waals surface area contributed by atoms with Gasteiger partial charge in [-0.05, 0) is 54.4 Å². The number of aliphatic hydroxyl groups is 1. The van der Waals surface area contributed by atoms with Crippen LogP contribution in [-0.2, 0) is 34.9 Å². The highest BCUT2D eigenvalue weighted by atomic mass is 28.4. The Hall–Kier alpha value is -2.39. The first-order chi connectivity index (χ1) is 17.2. The second-order valence-corrected chi connectivity index (χ2v) is 14.0. The molecule has 0 aliphatic heterocycles. The Bertz CT molecular complexity index is 994. The molecule has 2 aromatic rings. The topological polar surface area (TPSA) is 99.1 Å². The Morgan fingerprint density at radius 1 is 0.972 bits per heavy atom. The maximum atomic E-state index is 12.4. The van der Waals surface area contributed by atoms with Crippen molar-refractivity contribution in [2.24, 2.45) is 0 Å². The van der Waals surface area contributed by atoms with Gasteiger partial charge in [-0.2, -0.15) is 0 Å². The Kier molecular flexibility index (Phi) is 11.9. The zero-order valence-electron chi connectivity index (χ0n) is 22.1. The smallest absolute Gasteiger partial charge is 0.307 e. The van der Waals surface area contributed by atoms with E-state index < -0.39 is 38.7 Å². The van der Waals surface area contributed by atoms with E-state index in [0.717, 1.165) is 34.5 Å². The number of carbonyl (C=O) groups excluding carboxylic acids is 3. The third kappa shape index (κ3) is 8.33. The number of esters is 1. The van der Waals surface area contributed by atoms with Crippen LogP contribution in [0.5, 0.6) is 0 Å². The van der Waals surface area contributed by atoms with Crippen LogP contribution in [0.2, 0.25) is 18.1 Å². The Morgan fingerprint density at radius 3 is 2.17 bits per heavy atom. The molecule has 0 aromatic heterocycles. The van der Waals surface area contributed by atoms with Crippen LogP contribution < -0.4 is 0 Å².